The fourth-order valence-electron chi connectivity index (χ4n) is 3.97. The van der Waals surface area contributed by atoms with E-state index in [9.17, 15) is 14.7 Å². The number of carboxylic acid groups (broad SMARTS) is 1. The quantitative estimate of drug-likeness (QED) is 0.858. The summed E-state index contributed by atoms with van der Waals surface area (Å²) in [6.45, 7) is 0. The van der Waals surface area contributed by atoms with E-state index in [1.807, 2.05) is 24.3 Å². The zero-order valence-corrected chi connectivity index (χ0v) is 14.7. The Labute approximate surface area is 148 Å². The summed E-state index contributed by atoms with van der Waals surface area (Å²) in [7, 11) is 1.64. The Morgan fingerprint density at radius 2 is 1.88 bits per heavy atom. The molecular weight excluding hydrogens is 318 g/mol. The second-order valence-electron chi connectivity index (χ2n) is 7.28. The van der Waals surface area contributed by atoms with Gasteiger partial charge in [-0.05, 0) is 42.9 Å². The van der Waals surface area contributed by atoms with Crippen molar-refractivity contribution in [2.45, 2.75) is 56.9 Å². The van der Waals surface area contributed by atoms with Crippen molar-refractivity contribution >= 4 is 11.9 Å². The van der Waals surface area contributed by atoms with Gasteiger partial charge < -0.3 is 15.2 Å². The van der Waals surface area contributed by atoms with Crippen LogP contribution in [-0.2, 0) is 9.59 Å². The lowest BCUT2D eigenvalue weighted by atomic mass is 9.86. The highest BCUT2D eigenvalue weighted by Gasteiger charge is 2.45. The number of rotatable bonds is 5. The van der Waals surface area contributed by atoms with Crippen LogP contribution in [0.1, 0.15) is 56.4 Å². The SMILES string of the molecule is COc1cccc(C2CC2C(=O)NC2CCCCCCC2C(=O)O)c1. The van der Waals surface area contributed by atoms with Crippen LogP contribution in [0.5, 0.6) is 5.75 Å². The number of benzene rings is 1. The van der Waals surface area contributed by atoms with Crippen LogP contribution in [0.25, 0.3) is 0 Å². The summed E-state index contributed by atoms with van der Waals surface area (Å²) in [6.07, 6.45) is 6.37. The van der Waals surface area contributed by atoms with Crippen molar-refractivity contribution in [2.24, 2.45) is 11.8 Å². The molecule has 136 valence electrons. The molecule has 1 aromatic carbocycles. The predicted molar refractivity (Wildman–Crippen MR) is 94.6 cm³/mol. The smallest absolute Gasteiger partial charge is 0.308 e. The monoisotopic (exact) mass is 345 g/mol. The first-order valence-corrected chi connectivity index (χ1v) is 9.27. The Kier molecular flexibility index (Phi) is 5.61. The van der Waals surface area contributed by atoms with Crippen LogP contribution in [0.4, 0.5) is 0 Å². The van der Waals surface area contributed by atoms with Crippen molar-refractivity contribution in [1.29, 1.82) is 0 Å². The number of ether oxygens (including phenoxy) is 1. The second-order valence-corrected chi connectivity index (χ2v) is 7.28. The lowest BCUT2D eigenvalue weighted by Gasteiger charge is -2.27. The van der Waals surface area contributed by atoms with Crippen LogP contribution < -0.4 is 10.1 Å². The van der Waals surface area contributed by atoms with E-state index in [1.54, 1.807) is 7.11 Å². The molecule has 5 nitrogen and oxygen atoms in total. The van der Waals surface area contributed by atoms with E-state index < -0.39 is 11.9 Å². The van der Waals surface area contributed by atoms with Gasteiger partial charge in [0.25, 0.3) is 0 Å². The lowest BCUT2D eigenvalue weighted by Crippen LogP contribution is -2.44. The minimum Gasteiger partial charge on any atom is -0.497 e. The van der Waals surface area contributed by atoms with Crippen LogP contribution in [-0.4, -0.2) is 30.1 Å². The van der Waals surface area contributed by atoms with E-state index in [1.165, 1.54) is 0 Å². The van der Waals surface area contributed by atoms with Gasteiger partial charge >= 0.3 is 5.97 Å². The first-order valence-electron chi connectivity index (χ1n) is 9.27. The Morgan fingerprint density at radius 1 is 1.12 bits per heavy atom. The molecule has 2 aliphatic rings. The molecule has 5 heteroatoms. The molecule has 0 aromatic heterocycles. The first-order chi connectivity index (χ1) is 12.1. The zero-order valence-electron chi connectivity index (χ0n) is 14.7. The molecule has 0 saturated heterocycles. The van der Waals surface area contributed by atoms with Gasteiger partial charge in [-0.1, -0.05) is 37.8 Å². The molecule has 0 radical (unpaired) electrons. The Hall–Kier alpha value is -2.04. The molecule has 0 heterocycles. The molecule has 2 aliphatic carbocycles. The average molecular weight is 345 g/mol. The predicted octanol–water partition coefficient (Wildman–Crippen LogP) is 3.34. The van der Waals surface area contributed by atoms with Crippen molar-refractivity contribution in [3.63, 3.8) is 0 Å². The van der Waals surface area contributed by atoms with Gasteiger partial charge in [0, 0.05) is 12.0 Å². The number of nitrogens with one attached hydrogen (secondary N) is 1. The third kappa shape index (κ3) is 4.33. The van der Waals surface area contributed by atoms with Crippen molar-refractivity contribution < 1.29 is 19.4 Å². The first kappa shape index (κ1) is 17.8. The summed E-state index contributed by atoms with van der Waals surface area (Å²) >= 11 is 0. The maximum Gasteiger partial charge on any atom is 0.308 e. The van der Waals surface area contributed by atoms with Gasteiger partial charge in [-0.15, -0.1) is 0 Å². The van der Waals surface area contributed by atoms with Gasteiger partial charge in [0.05, 0.1) is 13.0 Å². The van der Waals surface area contributed by atoms with Crippen LogP contribution in [0.2, 0.25) is 0 Å². The highest BCUT2D eigenvalue weighted by atomic mass is 16.5. The summed E-state index contributed by atoms with van der Waals surface area (Å²) < 4.78 is 5.25. The maximum atomic E-state index is 12.6. The number of hydrogen-bond donors (Lipinski definition) is 2. The number of carbonyl (C=O) groups excluding carboxylic acids is 1. The van der Waals surface area contributed by atoms with E-state index in [-0.39, 0.29) is 23.8 Å². The molecule has 1 aromatic rings. The average Bonchev–Trinajstić information content (AvgIpc) is 3.38. The number of carbonyl (C=O) groups is 2. The normalized spacial score (nSPS) is 29.2. The van der Waals surface area contributed by atoms with Crippen LogP contribution in [0.3, 0.4) is 0 Å². The lowest BCUT2D eigenvalue weighted by molar-refractivity contribution is -0.143. The number of hydrogen-bond acceptors (Lipinski definition) is 3. The van der Waals surface area contributed by atoms with Crippen LogP contribution in [0, 0.1) is 11.8 Å². The van der Waals surface area contributed by atoms with Crippen molar-refractivity contribution in [2.75, 3.05) is 7.11 Å². The van der Waals surface area contributed by atoms with Gasteiger partial charge in [0.1, 0.15) is 5.75 Å². The van der Waals surface area contributed by atoms with Crippen LogP contribution in [0.15, 0.2) is 24.3 Å². The van der Waals surface area contributed by atoms with Gasteiger partial charge in [-0.3, -0.25) is 9.59 Å². The number of methoxy groups -OCH3 is 1. The fraction of sp³-hybridized carbons (Fsp3) is 0.600. The zero-order chi connectivity index (χ0) is 17.8. The number of carboxylic acids is 1. The summed E-state index contributed by atoms with van der Waals surface area (Å²) in [5.41, 5.74) is 1.12. The highest BCUT2D eigenvalue weighted by Crippen LogP contribution is 2.48. The largest absolute Gasteiger partial charge is 0.497 e. The van der Waals surface area contributed by atoms with Gasteiger partial charge in [-0.25, -0.2) is 0 Å². The molecule has 2 fully saturated rings. The van der Waals surface area contributed by atoms with Gasteiger partial charge in [-0.2, -0.15) is 0 Å². The van der Waals surface area contributed by atoms with Crippen molar-refractivity contribution in [3.8, 4) is 5.75 Å². The molecule has 0 aliphatic heterocycles. The topological polar surface area (TPSA) is 75.6 Å². The molecule has 2 saturated carbocycles. The molecule has 1 amide bonds. The van der Waals surface area contributed by atoms with E-state index in [0.29, 0.717) is 6.42 Å². The van der Waals surface area contributed by atoms with E-state index >= 15 is 0 Å². The Morgan fingerprint density at radius 3 is 2.60 bits per heavy atom. The Bertz CT molecular complexity index is 630. The van der Waals surface area contributed by atoms with Crippen molar-refractivity contribution in [3.05, 3.63) is 29.8 Å². The van der Waals surface area contributed by atoms with E-state index in [4.69, 9.17) is 4.74 Å². The summed E-state index contributed by atoms with van der Waals surface area (Å²) in [5.74, 6) is -0.274. The molecule has 0 spiro atoms. The minimum atomic E-state index is -0.785. The van der Waals surface area contributed by atoms with Gasteiger partial charge in [0.2, 0.25) is 5.91 Å². The molecule has 25 heavy (non-hydrogen) atoms. The van der Waals surface area contributed by atoms with Crippen LogP contribution >= 0.6 is 0 Å². The van der Waals surface area contributed by atoms with Gasteiger partial charge in [0.15, 0.2) is 0 Å². The van der Waals surface area contributed by atoms with E-state index in [2.05, 4.69) is 5.32 Å². The molecule has 0 bridgehead atoms. The summed E-state index contributed by atoms with van der Waals surface area (Å²) in [4.78, 5) is 24.2. The fourth-order valence-corrected chi connectivity index (χ4v) is 3.97. The molecule has 3 rings (SSSR count). The summed E-state index contributed by atoms with van der Waals surface area (Å²) in [6, 6.07) is 7.60. The summed E-state index contributed by atoms with van der Waals surface area (Å²) in [5, 5.41) is 12.6. The molecule has 4 atom stereocenters. The minimum absolute atomic E-state index is 0.00430. The standard InChI is InChI=1S/C20H27NO4/c1-25-14-8-6-7-13(11-14)16-12-17(16)19(22)21-18-10-5-3-2-4-9-15(18)20(23)24/h6-8,11,15-18H,2-5,9-10,12H2,1H3,(H,21,22)(H,23,24). The number of aliphatic carboxylic acids is 1. The van der Waals surface area contributed by atoms with Crippen molar-refractivity contribution in [1.82, 2.24) is 5.32 Å². The Balaban J connectivity index is 1.62. The highest BCUT2D eigenvalue weighted by molar-refractivity contribution is 5.84. The molecule has 4 unspecified atom stereocenters. The molecule has 2 N–H and O–H groups in total. The third-order valence-electron chi connectivity index (χ3n) is 5.56. The second kappa shape index (κ2) is 7.89. The third-order valence-corrected chi connectivity index (χ3v) is 5.56. The number of amides is 1. The van der Waals surface area contributed by atoms with E-state index in [0.717, 1.165) is 49.8 Å². The maximum absolute atomic E-state index is 12.6. The molecular formula is C20H27NO4.